The molecule has 1 heterocycles. The number of H-pyrrole nitrogens is 1. The van der Waals surface area contributed by atoms with Gasteiger partial charge in [0.05, 0.1) is 17.3 Å². The van der Waals surface area contributed by atoms with Gasteiger partial charge in [-0.2, -0.15) is 5.10 Å². The van der Waals surface area contributed by atoms with Crippen molar-refractivity contribution >= 4 is 23.0 Å². The molecule has 3 aromatic rings. The minimum absolute atomic E-state index is 0.113. The molecule has 0 unspecified atom stereocenters. The first kappa shape index (κ1) is 12.9. The van der Waals surface area contributed by atoms with Gasteiger partial charge in [0, 0.05) is 17.1 Å². The van der Waals surface area contributed by atoms with E-state index in [-0.39, 0.29) is 11.7 Å². The summed E-state index contributed by atoms with van der Waals surface area (Å²) in [5, 5.41) is 14.4. The van der Waals surface area contributed by atoms with Gasteiger partial charge in [0.1, 0.15) is 5.75 Å². The number of aromatic nitrogens is 1. The maximum absolute atomic E-state index is 12.1. The van der Waals surface area contributed by atoms with Crippen LogP contribution in [-0.2, 0) is 0 Å². The molecule has 3 rings (SSSR count). The predicted octanol–water partition coefficient (Wildman–Crippen LogP) is 2.64. The number of hydrogen-bond donors (Lipinski definition) is 3. The quantitative estimate of drug-likeness (QED) is 0.509. The molecule has 2 aromatic carbocycles. The Morgan fingerprint density at radius 3 is 2.86 bits per heavy atom. The van der Waals surface area contributed by atoms with Crippen molar-refractivity contribution in [2.24, 2.45) is 5.10 Å². The number of carbonyl (C=O) groups excluding carboxylic acids is 1. The molecule has 0 aliphatic carbocycles. The fraction of sp³-hybridized carbons (Fsp3) is 0. The van der Waals surface area contributed by atoms with Crippen molar-refractivity contribution in [3.8, 4) is 5.75 Å². The third kappa shape index (κ3) is 2.62. The van der Waals surface area contributed by atoms with Crippen LogP contribution in [0.5, 0.6) is 5.75 Å². The molecule has 0 bridgehead atoms. The van der Waals surface area contributed by atoms with E-state index in [1.807, 2.05) is 18.2 Å². The Morgan fingerprint density at radius 1 is 1.14 bits per heavy atom. The summed E-state index contributed by atoms with van der Waals surface area (Å²) in [7, 11) is 0. The Bertz CT molecular complexity index is 821. The second-order valence-electron chi connectivity index (χ2n) is 4.51. The topological polar surface area (TPSA) is 77.5 Å². The number of hydrogen-bond acceptors (Lipinski definition) is 3. The highest BCUT2D eigenvalue weighted by atomic mass is 16.3. The lowest BCUT2D eigenvalue weighted by molar-refractivity contribution is 0.0956. The lowest BCUT2D eigenvalue weighted by atomic mass is 10.1. The van der Waals surface area contributed by atoms with Gasteiger partial charge in [-0.25, -0.2) is 5.43 Å². The molecular weight excluding hydrogens is 266 g/mol. The molecule has 0 saturated heterocycles. The van der Waals surface area contributed by atoms with Crippen LogP contribution in [0.3, 0.4) is 0 Å². The molecule has 0 fully saturated rings. The molecule has 0 atom stereocenters. The van der Waals surface area contributed by atoms with Crippen LogP contribution in [-0.4, -0.2) is 22.2 Å². The summed E-state index contributed by atoms with van der Waals surface area (Å²) < 4.78 is 0. The van der Waals surface area contributed by atoms with E-state index in [4.69, 9.17) is 0 Å². The number of nitrogens with one attached hydrogen (secondary N) is 2. The number of rotatable bonds is 3. The van der Waals surface area contributed by atoms with Crippen LogP contribution in [0.15, 0.2) is 59.8 Å². The number of hydrazone groups is 1. The maximum atomic E-state index is 12.1. The van der Waals surface area contributed by atoms with Gasteiger partial charge in [-0.05, 0) is 24.3 Å². The van der Waals surface area contributed by atoms with Crippen LogP contribution in [0.2, 0.25) is 0 Å². The van der Waals surface area contributed by atoms with Gasteiger partial charge in [0.15, 0.2) is 0 Å². The van der Waals surface area contributed by atoms with Crippen LogP contribution in [0.1, 0.15) is 15.9 Å². The Hall–Kier alpha value is -3.08. The summed E-state index contributed by atoms with van der Waals surface area (Å²) >= 11 is 0. The van der Waals surface area contributed by atoms with E-state index in [1.165, 1.54) is 6.21 Å². The van der Waals surface area contributed by atoms with Gasteiger partial charge in [-0.15, -0.1) is 0 Å². The molecule has 1 aromatic heterocycles. The van der Waals surface area contributed by atoms with E-state index in [9.17, 15) is 9.90 Å². The molecule has 0 spiro atoms. The van der Waals surface area contributed by atoms with E-state index in [0.717, 1.165) is 10.9 Å². The summed E-state index contributed by atoms with van der Waals surface area (Å²) in [6.45, 7) is 0. The number of carbonyl (C=O) groups is 1. The van der Waals surface area contributed by atoms with Gasteiger partial charge in [0.2, 0.25) is 0 Å². The number of nitrogens with zero attached hydrogens (tertiary/aromatic N) is 1. The predicted molar refractivity (Wildman–Crippen MR) is 81.5 cm³/mol. The molecule has 5 nitrogen and oxygen atoms in total. The van der Waals surface area contributed by atoms with Crippen LogP contribution in [0, 0.1) is 0 Å². The fourth-order valence-electron chi connectivity index (χ4n) is 2.09. The van der Waals surface area contributed by atoms with E-state index in [0.29, 0.717) is 11.1 Å². The number of phenols is 1. The number of para-hydroxylation sites is 2. The molecule has 5 heteroatoms. The van der Waals surface area contributed by atoms with Crippen LogP contribution in [0.25, 0.3) is 10.9 Å². The maximum Gasteiger partial charge on any atom is 0.273 e. The van der Waals surface area contributed by atoms with Gasteiger partial charge < -0.3 is 10.1 Å². The van der Waals surface area contributed by atoms with Crippen molar-refractivity contribution in [1.82, 2.24) is 10.4 Å². The summed E-state index contributed by atoms with van der Waals surface area (Å²) in [5.41, 5.74) is 4.29. The number of benzene rings is 2. The lowest BCUT2D eigenvalue weighted by Gasteiger charge is -2.02. The lowest BCUT2D eigenvalue weighted by Crippen LogP contribution is -2.18. The van der Waals surface area contributed by atoms with E-state index < -0.39 is 0 Å². The zero-order valence-corrected chi connectivity index (χ0v) is 11.1. The van der Waals surface area contributed by atoms with Crippen molar-refractivity contribution in [2.45, 2.75) is 0 Å². The van der Waals surface area contributed by atoms with Crippen molar-refractivity contribution in [3.05, 3.63) is 65.9 Å². The average molecular weight is 279 g/mol. The number of amides is 1. The van der Waals surface area contributed by atoms with Crippen LogP contribution in [0.4, 0.5) is 0 Å². The van der Waals surface area contributed by atoms with Crippen molar-refractivity contribution in [3.63, 3.8) is 0 Å². The summed E-state index contributed by atoms with van der Waals surface area (Å²) in [5.74, 6) is -0.198. The summed E-state index contributed by atoms with van der Waals surface area (Å²) in [4.78, 5) is 15.2. The second-order valence-corrected chi connectivity index (χ2v) is 4.51. The smallest absolute Gasteiger partial charge is 0.273 e. The first-order valence-corrected chi connectivity index (χ1v) is 6.43. The Labute approximate surface area is 120 Å². The SMILES string of the molecule is O=C(N/N=C\c1ccccc1O)c1cccc2cc[nH]c12. The zero-order chi connectivity index (χ0) is 14.7. The van der Waals surface area contributed by atoms with Crippen molar-refractivity contribution in [1.29, 1.82) is 0 Å². The molecule has 0 radical (unpaired) electrons. The molecule has 104 valence electrons. The highest BCUT2D eigenvalue weighted by Crippen LogP contribution is 2.17. The molecular formula is C16H13N3O2. The third-order valence-corrected chi connectivity index (χ3v) is 3.14. The van der Waals surface area contributed by atoms with Crippen molar-refractivity contribution < 1.29 is 9.90 Å². The molecule has 0 saturated carbocycles. The van der Waals surface area contributed by atoms with Crippen LogP contribution < -0.4 is 5.43 Å². The van der Waals surface area contributed by atoms with Gasteiger partial charge in [-0.1, -0.05) is 24.3 Å². The standard InChI is InChI=1S/C16H13N3O2/c20-14-7-2-1-4-12(14)10-18-19-16(21)13-6-3-5-11-8-9-17-15(11)13/h1-10,17,20H,(H,19,21)/b18-10-. The number of aromatic amines is 1. The molecule has 3 N–H and O–H groups in total. The Balaban J connectivity index is 1.78. The normalized spacial score (nSPS) is 11.0. The van der Waals surface area contributed by atoms with Gasteiger partial charge in [-0.3, -0.25) is 4.79 Å². The number of aromatic hydroxyl groups is 1. The highest BCUT2D eigenvalue weighted by Gasteiger charge is 2.09. The molecule has 0 aliphatic heterocycles. The molecule has 0 aliphatic rings. The molecule has 1 amide bonds. The van der Waals surface area contributed by atoms with E-state index in [2.05, 4.69) is 15.5 Å². The van der Waals surface area contributed by atoms with E-state index >= 15 is 0 Å². The molecule has 21 heavy (non-hydrogen) atoms. The Morgan fingerprint density at radius 2 is 2.00 bits per heavy atom. The van der Waals surface area contributed by atoms with Gasteiger partial charge >= 0.3 is 0 Å². The number of phenolic OH excluding ortho intramolecular Hbond substituents is 1. The highest BCUT2D eigenvalue weighted by molar-refractivity contribution is 6.05. The average Bonchev–Trinajstić information content (AvgIpc) is 2.97. The second kappa shape index (κ2) is 5.50. The van der Waals surface area contributed by atoms with E-state index in [1.54, 1.807) is 36.5 Å². The van der Waals surface area contributed by atoms with Crippen molar-refractivity contribution in [2.75, 3.05) is 0 Å². The fourth-order valence-corrected chi connectivity index (χ4v) is 2.09. The monoisotopic (exact) mass is 279 g/mol. The van der Waals surface area contributed by atoms with Gasteiger partial charge in [0.25, 0.3) is 5.91 Å². The van der Waals surface area contributed by atoms with Crippen LogP contribution >= 0.6 is 0 Å². The summed E-state index contributed by atoms with van der Waals surface area (Å²) in [6, 6.07) is 14.1. The number of fused-ring (bicyclic) bond motifs is 1. The summed E-state index contributed by atoms with van der Waals surface area (Å²) in [6.07, 6.45) is 3.19. The third-order valence-electron chi connectivity index (χ3n) is 3.14. The zero-order valence-electron chi connectivity index (χ0n) is 11.1. The minimum Gasteiger partial charge on any atom is -0.507 e. The first-order chi connectivity index (χ1) is 10.3. The largest absolute Gasteiger partial charge is 0.507 e. The minimum atomic E-state index is -0.310. The Kier molecular flexibility index (Phi) is 3.39. The first-order valence-electron chi connectivity index (χ1n) is 6.43.